The summed E-state index contributed by atoms with van der Waals surface area (Å²) >= 11 is 1.16. The molecule has 0 amide bonds. The molecule has 18 heavy (non-hydrogen) atoms. The Morgan fingerprint density at radius 3 is 2.50 bits per heavy atom. The van der Waals surface area contributed by atoms with Crippen molar-refractivity contribution in [2.45, 2.75) is 23.6 Å². The van der Waals surface area contributed by atoms with Gasteiger partial charge in [0.15, 0.2) is 11.6 Å². The van der Waals surface area contributed by atoms with Gasteiger partial charge in [-0.1, -0.05) is 23.9 Å². The van der Waals surface area contributed by atoms with E-state index >= 15 is 0 Å². The van der Waals surface area contributed by atoms with Gasteiger partial charge in [0, 0.05) is 10.6 Å². The molecule has 0 aliphatic carbocycles. The standard InChI is InChI=1S/C14H13F2NS/c1-8-3-4-9(2)12(7-8)18-14-11(17)6-5-10(15)13(14)16/h3-7H,17H2,1-2H3. The van der Waals surface area contributed by atoms with Gasteiger partial charge in [-0.3, -0.25) is 0 Å². The Hall–Kier alpha value is -1.55. The molecule has 0 aliphatic heterocycles. The van der Waals surface area contributed by atoms with Crippen LogP contribution in [0.2, 0.25) is 0 Å². The summed E-state index contributed by atoms with van der Waals surface area (Å²) in [5, 5.41) is 0. The van der Waals surface area contributed by atoms with E-state index in [-0.39, 0.29) is 10.6 Å². The Balaban J connectivity index is 2.46. The van der Waals surface area contributed by atoms with Crippen molar-refractivity contribution in [1.29, 1.82) is 0 Å². The third kappa shape index (κ3) is 2.48. The van der Waals surface area contributed by atoms with Gasteiger partial charge in [0.2, 0.25) is 0 Å². The Morgan fingerprint density at radius 1 is 1.06 bits per heavy atom. The van der Waals surface area contributed by atoms with Crippen LogP contribution in [0, 0.1) is 25.5 Å². The fourth-order valence-electron chi connectivity index (χ4n) is 1.58. The molecule has 2 rings (SSSR count). The maximum Gasteiger partial charge on any atom is 0.174 e. The van der Waals surface area contributed by atoms with Crippen LogP contribution in [0.5, 0.6) is 0 Å². The first kappa shape index (κ1) is 12.9. The number of nitrogen functional groups attached to an aromatic ring is 1. The topological polar surface area (TPSA) is 26.0 Å². The van der Waals surface area contributed by atoms with Crippen LogP contribution in [0.1, 0.15) is 11.1 Å². The largest absolute Gasteiger partial charge is 0.398 e. The van der Waals surface area contributed by atoms with Crippen LogP contribution in [0.4, 0.5) is 14.5 Å². The summed E-state index contributed by atoms with van der Waals surface area (Å²) in [5.74, 6) is -1.77. The van der Waals surface area contributed by atoms with Crippen LogP contribution in [0.25, 0.3) is 0 Å². The zero-order valence-corrected chi connectivity index (χ0v) is 10.9. The molecule has 0 spiro atoms. The van der Waals surface area contributed by atoms with Gasteiger partial charge in [-0.2, -0.15) is 0 Å². The second kappa shape index (κ2) is 4.98. The van der Waals surface area contributed by atoms with Gasteiger partial charge in [0.1, 0.15) is 0 Å². The Bertz CT molecular complexity index is 597. The smallest absolute Gasteiger partial charge is 0.174 e. The lowest BCUT2D eigenvalue weighted by molar-refractivity contribution is 0.492. The van der Waals surface area contributed by atoms with E-state index in [2.05, 4.69) is 0 Å². The minimum atomic E-state index is -0.888. The molecule has 1 nitrogen and oxygen atoms in total. The summed E-state index contributed by atoms with van der Waals surface area (Å²) in [5.41, 5.74) is 8.02. The maximum absolute atomic E-state index is 13.7. The van der Waals surface area contributed by atoms with E-state index in [0.717, 1.165) is 33.9 Å². The number of nitrogens with two attached hydrogens (primary N) is 1. The number of benzene rings is 2. The molecule has 0 heterocycles. The number of aryl methyl sites for hydroxylation is 2. The number of hydrogen-bond donors (Lipinski definition) is 1. The quantitative estimate of drug-likeness (QED) is 0.819. The highest BCUT2D eigenvalue weighted by molar-refractivity contribution is 7.99. The van der Waals surface area contributed by atoms with E-state index in [0.29, 0.717) is 0 Å². The van der Waals surface area contributed by atoms with Crippen molar-refractivity contribution >= 4 is 17.4 Å². The number of hydrogen-bond acceptors (Lipinski definition) is 2. The Kier molecular flexibility index (Phi) is 3.57. The molecule has 0 saturated heterocycles. The zero-order valence-electron chi connectivity index (χ0n) is 10.1. The molecule has 0 fully saturated rings. The van der Waals surface area contributed by atoms with E-state index in [9.17, 15) is 8.78 Å². The van der Waals surface area contributed by atoms with Gasteiger partial charge >= 0.3 is 0 Å². The van der Waals surface area contributed by atoms with Crippen LogP contribution in [0.15, 0.2) is 40.1 Å². The molecule has 0 aliphatic rings. The summed E-state index contributed by atoms with van der Waals surface area (Å²) < 4.78 is 26.9. The molecule has 2 aromatic carbocycles. The molecule has 94 valence electrons. The SMILES string of the molecule is Cc1ccc(C)c(Sc2c(N)ccc(F)c2F)c1. The summed E-state index contributed by atoms with van der Waals surface area (Å²) in [6.45, 7) is 3.88. The summed E-state index contributed by atoms with van der Waals surface area (Å²) in [7, 11) is 0. The number of rotatable bonds is 2. The molecule has 0 radical (unpaired) electrons. The molecule has 4 heteroatoms. The first-order chi connectivity index (χ1) is 8.49. The highest BCUT2D eigenvalue weighted by atomic mass is 32.2. The fourth-order valence-corrected chi connectivity index (χ4v) is 2.64. The van der Waals surface area contributed by atoms with Gasteiger partial charge in [0.05, 0.1) is 4.90 Å². The Morgan fingerprint density at radius 2 is 1.78 bits per heavy atom. The third-order valence-corrected chi connectivity index (χ3v) is 3.91. The monoisotopic (exact) mass is 265 g/mol. The van der Waals surface area contributed by atoms with Crippen molar-refractivity contribution in [1.82, 2.24) is 0 Å². The average Bonchev–Trinajstić information content (AvgIpc) is 2.34. The van der Waals surface area contributed by atoms with Crippen molar-refractivity contribution < 1.29 is 8.78 Å². The van der Waals surface area contributed by atoms with Crippen molar-refractivity contribution in [3.8, 4) is 0 Å². The molecule has 0 unspecified atom stereocenters. The normalized spacial score (nSPS) is 10.7. The first-order valence-electron chi connectivity index (χ1n) is 5.47. The summed E-state index contributed by atoms with van der Waals surface area (Å²) in [4.78, 5) is 1.02. The number of anilines is 1. The van der Waals surface area contributed by atoms with Crippen LogP contribution in [0.3, 0.4) is 0 Å². The van der Waals surface area contributed by atoms with Crippen molar-refractivity contribution in [3.63, 3.8) is 0 Å². The number of halogens is 2. The molecule has 2 N–H and O–H groups in total. The Labute approximate surface area is 109 Å². The molecule has 0 bridgehead atoms. The van der Waals surface area contributed by atoms with Gasteiger partial charge in [-0.25, -0.2) is 8.78 Å². The summed E-state index contributed by atoms with van der Waals surface area (Å²) in [6, 6.07) is 8.28. The highest BCUT2D eigenvalue weighted by Gasteiger charge is 2.14. The minimum Gasteiger partial charge on any atom is -0.398 e. The van der Waals surface area contributed by atoms with Crippen LogP contribution >= 0.6 is 11.8 Å². The van der Waals surface area contributed by atoms with E-state index in [4.69, 9.17) is 5.73 Å². The highest BCUT2D eigenvalue weighted by Crippen LogP contribution is 2.37. The maximum atomic E-state index is 13.7. The lowest BCUT2D eigenvalue weighted by Crippen LogP contribution is -1.95. The molecular formula is C14H13F2NS. The lowest BCUT2D eigenvalue weighted by Gasteiger charge is -2.10. The molecule has 2 aromatic rings. The van der Waals surface area contributed by atoms with Crippen molar-refractivity contribution in [2.24, 2.45) is 0 Å². The van der Waals surface area contributed by atoms with Gasteiger partial charge < -0.3 is 5.73 Å². The first-order valence-corrected chi connectivity index (χ1v) is 6.29. The predicted molar refractivity (Wildman–Crippen MR) is 70.8 cm³/mol. The van der Waals surface area contributed by atoms with Gasteiger partial charge in [-0.05, 0) is 43.2 Å². The van der Waals surface area contributed by atoms with Gasteiger partial charge in [0.25, 0.3) is 0 Å². The third-order valence-electron chi connectivity index (χ3n) is 2.64. The predicted octanol–water partition coefficient (Wildman–Crippen LogP) is 4.32. The molecular weight excluding hydrogens is 252 g/mol. The van der Waals surface area contributed by atoms with E-state index < -0.39 is 11.6 Å². The minimum absolute atomic E-state index is 0.142. The van der Waals surface area contributed by atoms with E-state index in [1.54, 1.807) is 0 Å². The molecule has 0 atom stereocenters. The lowest BCUT2D eigenvalue weighted by atomic mass is 10.2. The van der Waals surface area contributed by atoms with Crippen molar-refractivity contribution in [2.75, 3.05) is 5.73 Å². The van der Waals surface area contributed by atoms with Crippen LogP contribution < -0.4 is 5.73 Å². The zero-order chi connectivity index (χ0) is 13.3. The van der Waals surface area contributed by atoms with Crippen molar-refractivity contribution in [3.05, 3.63) is 53.1 Å². The average molecular weight is 265 g/mol. The second-order valence-corrected chi connectivity index (χ2v) is 5.20. The fraction of sp³-hybridized carbons (Fsp3) is 0.143. The second-order valence-electron chi connectivity index (χ2n) is 4.15. The van der Waals surface area contributed by atoms with Crippen LogP contribution in [-0.4, -0.2) is 0 Å². The van der Waals surface area contributed by atoms with E-state index in [1.165, 1.54) is 6.07 Å². The summed E-state index contributed by atoms with van der Waals surface area (Å²) in [6.07, 6.45) is 0. The van der Waals surface area contributed by atoms with Gasteiger partial charge in [-0.15, -0.1) is 0 Å². The van der Waals surface area contributed by atoms with E-state index in [1.807, 2.05) is 32.0 Å². The molecule has 0 saturated carbocycles. The molecule has 0 aromatic heterocycles. The van der Waals surface area contributed by atoms with Crippen LogP contribution in [-0.2, 0) is 0 Å².